The number of hydrogen-bond acceptors (Lipinski definition) is 2. The van der Waals surface area contributed by atoms with Gasteiger partial charge in [-0.1, -0.05) is 33.6 Å². The summed E-state index contributed by atoms with van der Waals surface area (Å²) in [5.41, 5.74) is 1.76. The molecule has 0 aliphatic rings. The van der Waals surface area contributed by atoms with Crippen LogP contribution in [0.15, 0.2) is 39.3 Å². The van der Waals surface area contributed by atoms with Crippen molar-refractivity contribution in [2.75, 3.05) is 14.2 Å². The number of ether oxygens (including phenoxy) is 2. The van der Waals surface area contributed by atoms with Gasteiger partial charge in [-0.2, -0.15) is 0 Å². The summed E-state index contributed by atoms with van der Waals surface area (Å²) in [5, 5.41) is 0.270. The van der Waals surface area contributed by atoms with Crippen LogP contribution in [-0.2, 0) is 0 Å². The Hall–Kier alpha value is -0.420. The van der Waals surface area contributed by atoms with Crippen LogP contribution in [0.5, 0.6) is 11.5 Å². The lowest BCUT2D eigenvalue weighted by Gasteiger charge is -2.18. The van der Waals surface area contributed by atoms with Gasteiger partial charge < -0.3 is 9.47 Å². The minimum absolute atomic E-state index is 0.381. The van der Waals surface area contributed by atoms with Crippen LogP contribution in [0, 0.1) is 0 Å². The Labute approximate surface area is 150 Å². The molecule has 1 unspecified atom stereocenters. The molecule has 0 spiro atoms. The molecule has 0 aliphatic heterocycles. The van der Waals surface area contributed by atoms with Gasteiger partial charge in [0.1, 0.15) is 16.0 Å². The average Bonchev–Trinajstić information content (AvgIpc) is 2.46. The molecule has 2 aromatic carbocycles. The Morgan fingerprint density at radius 2 is 1.67 bits per heavy atom. The first-order chi connectivity index (χ1) is 9.99. The van der Waals surface area contributed by atoms with Gasteiger partial charge in [0.05, 0.1) is 19.6 Å². The summed E-state index contributed by atoms with van der Waals surface area (Å²) in [6, 6.07) is 9.25. The van der Waals surface area contributed by atoms with Crippen molar-refractivity contribution in [2.24, 2.45) is 0 Å². The van der Waals surface area contributed by atoms with Gasteiger partial charge in [-0.15, -0.1) is 11.6 Å². The number of hydrogen-bond donors (Lipinski definition) is 0. The maximum absolute atomic E-state index is 6.63. The minimum atomic E-state index is -0.381. The lowest BCUT2D eigenvalue weighted by molar-refractivity contribution is 0.386. The molecule has 0 aliphatic carbocycles. The van der Waals surface area contributed by atoms with Crippen LogP contribution in [0.25, 0.3) is 0 Å². The van der Waals surface area contributed by atoms with E-state index < -0.39 is 0 Å². The highest BCUT2D eigenvalue weighted by atomic mass is 79.9. The van der Waals surface area contributed by atoms with E-state index in [1.54, 1.807) is 14.2 Å². The first-order valence-corrected chi connectivity index (χ1v) is 8.39. The molecule has 1 atom stereocenters. The van der Waals surface area contributed by atoms with Crippen LogP contribution in [0.3, 0.4) is 0 Å². The van der Waals surface area contributed by atoms with Gasteiger partial charge in [0.25, 0.3) is 0 Å². The molecule has 0 aromatic heterocycles. The standard InChI is InChI=1S/C15H12Br2Cl2O2/c1-20-12-6-5-10(15(21-2)13(12)17)14(19)9-4-3-8(18)7-11(9)16/h3-7,14H,1-2H3. The van der Waals surface area contributed by atoms with Crippen LogP contribution in [0.1, 0.15) is 16.5 Å². The highest BCUT2D eigenvalue weighted by Crippen LogP contribution is 2.45. The van der Waals surface area contributed by atoms with Crippen molar-refractivity contribution in [3.8, 4) is 11.5 Å². The molecule has 0 fully saturated rings. The van der Waals surface area contributed by atoms with Crippen molar-refractivity contribution in [2.45, 2.75) is 5.38 Å². The molecule has 2 aromatic rings. The second-order valence-corrected chi connectivity index (χ2v) is 6.75. The summed E-state index contributed by atoms with van der Waals surface area (Å²) >= 11 is 19.6. The van der Waals surface area contributed by atoms with Crippen LogP contribution in [-0.4, -0.2) is 14.2 Å². The predicted octanol–water partition coefficient (Wildman–Crippen LogP) is 6.21. The van der Waals surface area contributed by atoms with E-state index in [4.69, 9.17) is 32.7 Å². The first-order valence-electron chi connectivity index (χ1n) is 5.99. The number of methoxy groups -OCH3 is 2. The lowest BCUT2D eigenvalue weighted by atomic mass is 10.0. The zero-order valence-electron chi connectivity index (χ0n) is 11.3. The fourth-order valence-electron chi connectivity index (χ4n) is 1.99. The lowest BCUT2D eigenvalue weighted by Crippen LogP contribution is -2.00. The van der Waals surface area contributed by atoms with Gasteiger partial charge >= 0.3 is 0 Å². The highest BCUT2D eigenvalue weighted by molar-refractivity contribution is 9.11. The minimum Gasteiger partial charge on any atom is -0.495 e. The van der Waals surface area contributed by atoms with Crippen LogP contribution < -0.4 is 9.47 Å². The van der Waals surface area contributed by atoms with Crippen molar-refractivity contribution in [3.63, 3.8) is 0 Å². The van der Waals surface area contributed by atoms with E-state index >= 15 is 0 Å². The molecule has 112 valence electrons. The Morgan fingerprint density at radius 1 is 1.00 bits per heavy atom. The molecule has 0 bridgehead atoms. The SMILES string of the molecule is COc1ccc(C(Cl)c2ccc(Cl)cc2Br)c(OC)c1Br. The third kappa shape index (κ3) is 3.50. The second-order valence-electron chi connectivity index (χ2n) is 4.23. The van der Waals surface area contributed by atoms with E-state index in [9.17, 15) is 0 Å². The molecule has 0 amide bonds. The molecule has 2 rings (SSSR count). The molecular formula is C15H12Br2Cl2O2. The Balaban J connectivity index is 2.52. The molecule has 21 heavy (non-hydrogen) atoms. The fourth-order valence-corrected chi connectivity index (χ4v) is 4.08. The smallest absolute Gasteiger partial charge is 0.141 e. The Bertz CT molecular complexity index is 662. The first kappa shape index (κ1) is 16.9. The van der Waals surface area contributed by atoms with Crippen LogP contribution in [0.4, 0.5) is 0 Å². The van der Waals surface area contributed by atoms with Crippen molar-refractivity contribution in [3.05, 3.63) is 55.4 Å². The summed E-state index contributed by atoms with van der Waals surface area (Å²) in [6.45, 7) is 0. The van der Waals surface area contributed by atoms with E-state index in [1.807, 2.05) is 30.3 Å². The van der Waals surface area contributed by atoms with Crippen molar-refractivity contribution in [1.82, 2.24) is 0 Å². The normalized spacial score (nSPS) is 12.1. The topological polar surface area (TPSA) is 18.5 Å². The summed E-state index contributed by atoms with van der Waals surface area (Å²) < 4.78 is 12.3. The molecule has 0 N–H and O–H groups in total. The molecule has 6 heteroatoms. The highest BCUT2D eigenvalue weighted by Gasteiger charge is 2.21. The fraction of sp³-hybridized carbons (Fsp3) is 0.200. The summed E-state index contributed by atoms with van der Waals surface area (Å²) in [7, 11) is 3.21. The molecule has 0 saturated heterocycles. The van der Waals surface area contributed by atoms with Crippen LogP contribution in [0.2, 0.25) is 5.02 Å². The van der Waals surface area contributed by atoms with Gasteiger partial charge in [-0.25, -0.2) is 0 Å². The largest absolute Gasteiger partial charge is 0.495 e. The van der Waals surface area contributed by atoms with Crippen molar-refractivity contribution >= 4 is 55.1 Å². The van der Waals surface area contributed by atoms with E-state index in [1.165, 1.54) is 0 Å². The van der Waals surface area contributed by atoms with E-state index in [0.717, 1.165) is 20.1 Å². The zero-order chi connectivity index (χ0) is 15.6. The van der Waals surface area contributed by atoms with Gasteiger partial charge in [0.15, 0.2) is 0 Å². The molecule has 2 nitrogen and oxygen atoms in total. The quantitative estimate of drug-likeness (QED) is 0.511. The average molecular weight is 455 g/mol. The van der Waals surface area contributed by atoms with Gasteiger partial charge in [0, 0.05) is 15.1 Å². The Morgan fingerprint density at radius 3 is 2.24 bits per heavy atom. The zero-order valence-corrected chi connectivity index (χ0v) is 16.0. The van der Waals surface area contributed by atoms with Crippen molar-refractivity contribution in [1.29, 1.82) is 0 Å². The molecule has 0 heterocycles. The molecular weight excluding hydrogens is 443 g/mol. The maximum atomic E-state index is 6.63. The van der Waals surface area contributed by atoms with E-state index in [-0.39, 0.29) is 5.38 Å². The summed E-state index contributed by atoms with van der Waals surface area (Å²) in [6.07, 6.45) is 0. The van der Waals surface area contributed by atoms with Gasteiger partial charge in [0.2, 0.25) is 0 Å². The third-order valence-electron chi connectivity index (χ3n) is 3.02. The van der Waals surface area contributed by atoms with E-state index in [2.05, 4.69) is 31.9 Å². The monoisotopic (exact) mass is 452 g/mol. The summed E-state index contributed by atoms with van der Waals surface area (Å²) in [5.74, 6) is 1.34. The number of alkyl halides is 1. The second kappa shape index (κ2) is 7.23. The molecule has 0 radical (unpaired) electrons. The number of halogens is 4. The van der Waals surface area contributed by atoms with E-state index in [0.29, 0.717) is 16.5 Å². The van der Waals surface area contributed by atoms with Crippen LogP contribution >= 0.6 is 55.1 Å². The predicted molar refractivity (Wildman–Crippen MR) is 94.1 cm³/mol. The van der Waals surface area contributed by atoms with Gasteiger partial charge in [-0.3, -0.25) is 0 Å². The van der Waals surface area contributed by atoms with Gasteiger partial charge in [-0.05, 0) is 45.8 Å². The summed E-state index contributed by atoms with van der Waals surface area (Å²) in [4.78, 5) is 0. The Kier molecular flexibility index (Phi) is 5.83. The number of benzene rings is 2. The third-order valence-corrected chi connectivity index (χ3v) is 5.17. The number of rotatable bonds is 4. The van der Waals surface area contributed by atoms with Crippen molar-refractivity contribution < 1.29 is 9.47 Å². The maximum Gasteiger partial charge on any atom is 0.141 e. The molecule has 0 saturated carbocycles.